The predicted molar refractivity (Wildman–Crippen MR) is 78.0 cm³/mol. The van der Waals surface area contributed by atoms with Crippen LogP contribution in [0, 0.1) is 16.7 Å². The fourth-order valence-electron chi connectivity index (χ4n) is 6.38. The zero-order valence-electron chi connectivity index (χ0n) is 12.9. The van der Waals surface area contributed by atoms with Gasteiger partial charge in [-0.15, -0.1) is 10.2 Å². The van der Waals surface area contributed by atoms with E-state index < -0.39 is 0 Å². The summed E-state index contributed by atoms with van der Waals surface area (Å²) in [6.07, 6.45) is 10.2. The first-order valence-corrected chi connectivity index (χ1v) is 7.97. The monoisotopic (exact) mass is 274 g/mol. The van der Waals surface area contributed by atoms with Gasteiger partial charge in [0.1, 0.15) is 12.2 Å². The first kappa shape index (κ1) is 12.8. The lowest BCUT2D eigenvalue weighted by molar-refractivity contribution is -0.118. The highest BCUT2D eigenvalue weighted by Gasteiger charge is 2.59. The van der Waals surface area contributed by atoms with Gasteiger partial charge in [0.15, 0.2) is 0 Å². The van der Waals surface area contributed by atoms with Gasteiger partial charge >= 0.3 is 0 Å². The first-order chi connectivity index (χ1) is 9.40. The van der Waals surface area contributed by atoms with Gasteiger partial charge in [-0.1, -0.05) is 13.8 Å². The molecule has 1 aromatic rings. The van der Waals surface area contributed by atoms with Crippen LogP contribution in [0.1, 0.15) is 58.2 Å². The fourth-order valence-corrected chi connectivity index (χ4v) is 6.38. The number of hydrogen-bond acceptors (Lipinski definition) is 3. The molecule has 0 radical (unpaired) electrons. The van der Waals surface area contributed by atoms with Gasteiger partial charge < -0.3 is 9.88 Å². The van der Waals surface area contributed by atoms with E-state index >= 15 is 0 Å². The summed E-state index contributed by atoms with van der Waals surface area (Å²) in [6, 6.07) is 0. The maximum absolute atomic E-state index is 4.22. The van der Waals surface area contributed by atoms with Gasteiger partial charge in [0, 0.05) is 12.6 Å². The minimum atomic E-state index is 0.356. The summed E-state index contributed by atoms with van der Waals surface area (Å²) in [5.41, 5.74) is 1.50. The molecule has 0 spiro atoms. The third-order valence-corrected chi connectivity index (χ3v) is 6.05. The highest BCUT2D eigenvalue weighted by Crippen LogP contribution is 2.66. The summed E-state index contributed by atoms with van der Waals surface area (Å²) < 4.78 is 2.02. The Kier molecular flexibility index (Phi) is 2.46. The third-order valence-electron chi connectivity index (χ3n) is 6.05. The van der Waals surface area contributed by atoms with Crippen LogP contribution in [-0.4, -0.2) is 20.3 Å². The summed E-state index contributed by atoms with van der Waals surface area (Å²) in [5.74, 6) is 1.99. The highest BCUT2D eigenvalue weighted by atomic mass is 15.3. The van der Waals surface area contributed by atoms with Crippen LogP contribution in [0.2, 0.25) is 0 Å². The average Bonchev–Trinajstić information content (AvgIpc) is 2.67. The molecule has 4 fully saturated rings. The van der Waals surface area contributed by atoms with Crippen LogP contribution in [-0.2, 0) is 13.6 Å². The maximum Gasteiger partial charge on any atom is 0.146 e. The molecule has 2 unspecified atom stereocenters. The Morgan fingerprint density at radius 1 is 1.20 bits per heavy atom. The minimum Gasteiger partial charge on any atom is -0.320 e. The highest BCUT2D eigenvalue weighted by molar-refractivity contribution is 5.14. The fraction of sp³-hybridized carbons (Fsp3) is 0.875. The van der Waals surface area contributed by atoms with Gasteiger partial charge in [0.2, 0.25) is 0 Å². The van der Waals surface area contributed by atoms with E-state index in [4.69, 9.17) is 0 Å². The minimum absolute atomic E-state index is 0.356. The second-order valence-electron chi connectivity index (χ2n) is 8.62. The molecule has 4 nitrogen and oxygen atoms in total. The Balaban J connectivity index is 1.56. The molecule has 1 heterocycles. The molecule has 4 heteroatoms. The van der Waals surface area contributed by atoms with E-state index in [9.17, 15) is 0 Å². The topological polar surface area (TPSA) is 42.7 Å². The Morgan fingerprint density at radius 2 is 1.90 bits per heavy atom. The lowest BCUT2D eigenvalue weighted by atomic mass is 9.43. The third kappa shape index (κ3) is 1.92. The number of aromatic nitrogens is 3. The summed E-state index contributed by atoms with van der Waals surface area (Å²) in [4.78, 5) is 0. The van der Waals surface area contributed by atoms with Gasteiger partial charge in [-0.05, 0) is 55.3 Å². The van der Waals surface area contributed by atoms with E-state index in [0.29, 0.717) is 16.4 Å². The zero-order valence-corrected chi connectivity index (χ0v) is 12.9. The van der Waals surface area contributed by atoms with Crippen molar-refractivity contribution in [2.45, 2.75) is 64.5 Å². The number of hydrogen-bond donors (Lipinski definition) is 1. The SMILES string of the molecule is Cn1cnnc1CNC12CC3CC(C)(CC(C)(C3)C1)C2. The molecular weight excluding hydrogens is 248 g/mol. The van der Waals surface area contributed by atoms with Crippen molar-refractivity contribution in [1.29, 1.82) is 0 Å². The molecule has 4 bridgehead atoms. The van der Waals surface area contributed by atoms with Gasteiger partial charge in [-0.3, -0.25) is 0 Å². The quantitative estimate of drug-likeness (QED) is 0.921. The zero-order chi connectivity index (χ0) is 14.0. The van der Waals surface area contributed by atoms with Crippen molar-refractivity contribution in [2.75, 3.05) is 0 Å². The smallest absolute Gasteiger partial charge is 0.146 e. The van der Waals surface area contributed by atoms with Gasteiger partial charge in [-0.2, -0.15) is 0 Å². The summed E-state index contributed by atoms with van der Waals surface area (Å²) >= 11 is 0. The average molecular weight is 274 g/mol. The molecule has 20 heavy (non-hydrogen) atoms. The molecule has 0 amide bonds. The standard InChI is InChI=1S/C16H26N4/c1-14-4-12-5-15(2,8-14)10-16(6-12,9-14)17-7-13-19-18-11-20(13)3/h11-12,17H,4-10H2,1-3H3. The molecule has 0 saturated heterocycles. The Hall–Kier alpha value is -0.900. The van der Waals surface area contributed by atoms with Crippen molar-refractivity contribution in [2.24, 2.45) is 23.8 Å². The molecule has 4 aliphatic rings. The molecule has 0 aromatic carbocycles. The van der Waals surface area contributed by atoms with E-state index in [1.165, 1.54) is 38.5 Å². The lowest BCUT2D eigenvalue weighted by Gasteiger charge is -2.65. The Labute approximate surface area is 121 Å². The van der Waals surface area contributed by atoms with E-state index in [2.05, 4.69) is 29.4 Å². The van der Waals surface area contributed by atoms with Crippen LogP contribution in [0.5, 0.6) is 0 Å². The predicted octanol–water partition coefficient (Wildman–Crippen LogP) is 2.65. The first-order valence-electron chi connectivity index (χ1n) is 7.97. The van der Waals surface area contributed by atoms with Crippen LogP contribution < -0.4 is 5.32 Å². The Bertz CT molecular complexity index is 516. The summed E-state index contributed by atoms with van der Waals surface area (Å²) in [7, 11) is 2.03. The van der Waals surface area contributed by atoms with Crippen LogP contribution in [0.15, 0.2) is 6.33 Å². The molecule has 1 N–H and O–H groups in total. The summed E-state index contributed by atoms with van der Waals surface area (Å²) in [6.45, 7) is 5.90. The van der Waals surface area contributed by atoms with Crippen molar-refractivity contribution in [3.05, 3.63) is 12.2 Å². The maximum atomic E-state index is 4.22. The van der Waals surface area contributed by atoms with Crippen molar-refractivity contribution in [3.8, 4) is 0 Å². The molecule has 5 rings (SSSR count). The van der Waals surface area contributed by atoms with E-state index in [-0.39, 0.29) is 0 Å². The van der Waals surface area contributed by atoms with Crippen LogP contribution in [0.25, 0.3) is 0 Å². The van der Waals surface area contributed by atoms with E-state index in [0.717, 1.165) is 18.3 Å². The molecule has 0 aliphatic heterocycles. The second-order valence-corrected chi connectivity index (χ2v) is 8.62. The van der Waals surface area contributed by atoms with Crippen molar-refractivity contribution < 1.29 is 0 Å². The largest absolute Gasteiger partial charge is 0.320 e. The van der Waals surface area contributed by atoms with Gasteiger partial charge in [-0.25, -0.2) is 0 Å². The van der Waals surface area contributed by atoms with Gasteiger partial charge in [0.25, 0.3) is 0 Å². The van der Waals surface area contributed by atoms with Crippen molar-refractivity contribution in [1.82, 2.24) is 20.1 Å². The number of rotatable bonds is 3. The van der Waals surface area contributed by atoms with Crippen LogP contribution >= 0.6 is 0 Å². The van der Waals surface area contributed by atoms with Gasteiger partial charge in [0.05, 0.1) is 6.54 Å². The van der Waals surface area contributed by atoms with E-state index in [1.807, 2.05) is 11.6 Å². The lowest BCUT2D eigenvalue weighted by Crippen LogP contribution is -2.64. The van der Waals surface area contributed by atoms with Crippen LogP contribution in [0.3, 0.4) is 0 Å². The number of nitrogens with zero attached hydrogens (tertiary/aromatic N) is 3. The van der Waals surface area contributed by atoms with Crippen molar-refractivity contribution >= 4 is 0 Å². The molecule has 4 saturated carbocycles. The molecule has 1 aromatic heterocycles. The van der Waals surface area contributed by atoms with E-state index in [1.54, 1.807) is 6.33 Å². The Morgan fingerprint density at radius 3 is 2.45 bits per heavy atom. The number of nitrogens with one attached hydrogen (secondary N) is 1. The second kappa shape index (κ2) is 3.85. The molecular formula is C16H26N4. The number of aryl methyl sites for hydroxylation is 1. The summed E-state index contributed by atoms with van der Waals surface area (Å²) in [5, 5.41) is 12.1. The molecule has 4 aliphatic carbocycles. The molecule has 2 atom stereocenters. The van der Waals surface area contributed by atoms with Crippen molar-refractivity contribution in [3.63, 3.8) is 0 Å². The molecule has 110 valence electrons. The normalized spacial score (nSPS) is 46.0. The van der Waals surface area contributed by atoms with Crippen LogP contribution in [0.4, 0.5) is 0 Å².